The molecular weight excluding hydrogens is 304 g/mol. The van der Waals surface area contributed by atoms with Gasteiger partial charge in [-0.1, -0.05) is 60.7 Å². The van der Waals surface area contributed by atoms with Crippen LogP contribution in [0.3, 0.4) is 0 Å². The average Bonchev–Trinajstić information content (AvgIpc) is 2.64. The number of benzene rings is 2. The fourth-order valence-corrected chi connectivity index (χ4v) is 2.85. The summed E-state index contributed by atoms with van der Waals surface area (Å²) in [4.78, 5) is 21.0. The zero-order valence-electron chi connectivity index (χ0n) is 13.5. The van der Waals surface area contributed by atoms with Crippen LogP contribution in [0, 0.1) is 11.8 Å². The summed E-state index contributed by atoms with van der Waals surface area (Å²) in [6.45, 7) is 0. The second-order valence-corrected chi connectivity index (χ2v) is 5.96. The van der Waals surface area contributed by atoms with Crippen molar-refractivity contribution in [1.29, 1.82) is 0 Å². The Morgan fingerprint density at radius 3 is 1.17 bits per heavy atom. The van der Waals surface area contributed by atoms with Crippen LogP contribution in [-0.2, 0) is 9.59 Å². The lowest BCUT2D eigenvalue weighted by Crippen LogP contribution is -2.25. The second kappa shape index (κ2) is 8.87. The number of hydrogen-bond acceptors (Lipinski definition) is 2. The van der Waals surface area contributed by atoms with Crippen LogP contribution in [0.1, 0.15) is 25.7 Å². The first-order valence-corrected chi connectivity index (χ1v) is 8.14. The van der Waals surface area contributed by atoms with E-state index in [9.17, 15) is 9.59 Å². The number of carbonyl (C=O) groups is 2. The zero-order valence-corrected chi connectivity index (χ0v) is 13.5. The Labute approximate surface area is 141 Å². The summed E-state index contributed by atoms with van der Waals surface area (Å²) in [6.07, 6.45) is 2.03. The van der Waals surface area contributed by atoms with Gasteiger partial charge in [-0.05, 0) is 36.8 Å². The molecule has 1 saturated carbocycles. The maximum absolute atomic E-state index is 10.5. The number of rotatable bonds is 3. The van der Waals surface area contributed by atoms with Gasteiger partial charge < -0.3 is 10.2 Å². The van der Waals surface area contributed by atoms with Crippen molar-refractivity contribution in [3.63, 3.8) is 0 Å². The van der Waals surface area contributed by atoms with Gasteiger partial charge in [0.1, 0.15) is 0 Å². The molecule has 0 atom stereocenters. The number of aliphatic carboxylic acids is 2. The van der Waals surface area contributed by atoms with E-state index in [1.807, 2.05) is 12.1 Å². The van der Waals surface area contributed by atoms with Crippen LogP contribution in [0.15, 0.2) is 60.7 Å². The van der Waals surface area contributed by atoms with Crippen molar-refractivity contribution < 1.29 is 19.8 Å². The standard InChI is InChI=1S/C12H10.C8H12O4/c1-3-7-11(8-4-1)12-9-5-2-6-10-12;9-7(10)5-1-2-6(4-3-5)8(11)12/h1-10H;5-6H,1-4H2,(H,9,10)(H,11,12). The molecule has 0 heterocycles. The van der Waals surface area contributed by atoms with Crippen molar-refractivity contribution in [2.75, 3.05) is 0 Å². The third kappa shape index (κ3) is 5.23. The highest BCUT2D eigenvalue weighted by atomic mass is 16.4. The van der Waals surface area contributed by atoms with Crippen LogP contribution in [0.2, 0.25) is 0 Å². The van der Waals surface area contributed by atoms with Gasteiger partial charge in [0, 0.05) is 0 Å². The molecule has 0 aromatic heterocycles. The van der Waals surface area contributed by atoms with E-state index < -0.39 is 11.9 Å². The van der Waals surface area contributed by atoms with Gasteiger partial charge in [-0.3, -0.25) is 9.59 Å². The van der Waals surface area contributed by atoms with Crippen molar-refractivity contribution >= 4 is 11.9 Å². The van der Waals surface area contributed by atoms with E-state index in [-0.39, 0.29) is 11.8 Å². The molecule has 126 valence electrons. The number of hydrogen-bond donors (Lipinski definition) is 2. The molecule has 4 heteroatoms. The molecule has 0 saturated heterocycles. The molecule has 1 aliphatic carbocycles. The molecule has 0 radical (unpaired) electrons. The highest BCUT2D eigenvalue weighted by molar-refractivity contribution is 5.72. The lowest BCUT2D eigenvalue weighted by molar-refractivity contribution is -0.148. The van der Waals surface area contributed by atoms with Gasteiger partial charge in [0.05, 0.1) is 11.8 Å². The molecule has 0 unspecified atom stereocenters. The Morgan fingerprint density at radius 2 is 0.917 bits per heavy atom. The van der Waals surface area contributed by atoms with E-state index in [1.165, 1.54) is 11.1 Å². The Morgan fingerprint density at radius 1 is 0.625 bits per heavy atom. The lowest BCUT2D eigenvalue weighted by Gasteiger charge is -2.22. The highest BCUT2D eigenvalue weighted by Crippen LogP contribution is 2.28. The maximum atomic E-state index is 10.5. The summed E-state index contributed by atoms with van der Waals surface area (Å²) in [7, 11) is 0. The van der Waals surface area contributed by atoms with Gasteiger partial charge in [-0.2, -0.15) is 0 Å². The quantitative estimate of drug-likeness (QED) is 0.881. The molecule has 2 aromatic rings. The molecule has 2 N–H and O–H groups in total. The Balaban J connectivity index is 0.000000174. The van der Waals surface area contributed by atoms with Gasteiger partial charge in [0.15, 0.2) is 0 Å². The largest absolute Gasteiger partial charge is 0.481 e. The van der Waals surface area contributed by atoms with Crippen LogP contribution in [0.4, 0.5) is 0 Å². The summed E-state index contributed by atoms with van der Waals surface area (Å²) in [5.41, 5.74) is 2.55. The fourth-order valence-electron chi connectivity index (χ4n) is 2.85. The first kappa shape index (κ1) is 17.7. The predicted octanol–water partition coefficient (Wildman–Crippen LogP) is 4.32. The summed E-state index contributed by atoms with van der Waals surface area (Å²) in [6, 6.07) is 20.8. The molecule has 0 amide bonds. The molecule has 0 spiro atoms. The Kier molecular flexibility index (Phi) is 6.55. The molecule has 1 aliphatic rings. The highest BCUT2D eigenvalue weighted by Gasteiger charge is 2.29. The molecule has 3 rings (SSSR count). The normalized spacial score (nSPS) is 19.7. The number of carboxylic acid groups (broad SMARTS) is 2. The smallest absolute Gasteiger partial charge is 0.306 e. The van der Waals surface area contributed by atoms with Gasteiger partial charge in [-0.25, -0.2) is 0 Å². The van der Waals surface area contributed by atoms with Crippen LogP contribution in [0.25, 0.3) is 11.1 Å². The van der Waals surface area contributed by atoms with Crippen LogP contribution >= 0.6 is 0 Å². The third-order valence-corrected chi connectivity index (χ3v) is 4.31. The molecule has 0 aliphatic heterocycles. The van der Waals surface area contributed by atoms with E-state index in [0.29, 0.717) is 25.7 Å². The van der Waals surface area contributed by atoms with Crippen LogP contribution in [0.5, 0.6) is 0 Å². The van der Waals surface area contributed by atoms with E-state index in [4.69, 9.17) is 10.2 Å². The van der Waals surface area contributed by atoms with E-state index >= 15 is 0 Å². The topological polar surface area (TPSA) is 74.6 Å². The van der Waals surface area contributed by atoms with Gasteiger partial charge in [0.2, 0.25) is 0 Å². The summed E-state index contributed by atoms with van der Waals surface area (Å²) >= 11 is 0. The van der Waals surface area contributed by atoms with Crippen LogP contribution in [-0.4, -0.2) is 22.2 Å². The molecule has 1 fully saturated rings. The minimum absolute atomic E-state index is 0.319. The Bertz CT molecular complexity index is 584. The van der Waals surface area contributed by atoms with E-state index in [0.717, 1.165) is 0 Å². The fraction of sp³-hybridized carbons (Fsp3) is 0.300. The monoisotopic (exact) mass is 326 g/mol. The SMILES string of the molecule is O=C(O)C1CCC(C(=O)O)CC1.c1ccc(-c2ccccc2)cc1. The minimum Gasteiger partial charge on any atom is -0.481 e. The van der Waals surface area contributed by atoms with Crippen molar-refractivity contribution in [2.24, 2.45) is 11.8 Å². The zero-order chi connectivity index (χ0) is 17.4. The third-order valence-electron chi connectivity index (χ3n) is 4.31. The van der Waals surface area contributed by atoms with Gasteiger partial charge in [-0.15, -0.1) is 0 Å². The summed E-state index contributed by atoms with van der Waals surface area (Å²) < 4.78 is 0. The molecule has 4 nitrogen and oxygen atoms in total. The second-order valence-electron chi connectivity index (χ2n) is 5.96. The lowest BCUT2D eigenvalue weighted by atomic mass is 9.82. The van der Waals surface area contributed by atoms with Gasteiger partial charge in [0.25, 0.3) is 0 Å². The molecule has 2 aromatic carbocycles. The molecular formula is C20H22O4. The molecule has 24 heavy (non-hydrogen) atoms. The Hall–Kier alpha value is -2.62. The van der Waals surface area contributed by atoms with Crippen molar-refractivity contribution in [3.8, 4) is 11.1 Å². The van der Waals surface area contributed by atoms with Crippen molar-refractivity contribution in [3.05, 3.63) is 60.7 Å². The van der Waals surface area contributed by atoms with Crippen LogP contribution < -0.4 is 0 Å². The number of carboxylic acids is 2. The van der Waals surface area contributed by atoms with Gasteiger partial charge >= 0.3 is 11.9 Å². The van der Waals surface area contributed by atoms with Crippen molar-refractivity contribution in [1.82, 2.24) is 0 Å². The molecule has 0 bridgehead atoms. The minimum atomic E-state index is -0.793. The summed E-state index contributed by atoms with van der Waals surface area (Å²) in [5.74, 6) is -2.22. The average molecular weight is 326 g/mol. The van der Waals surface area contributed by atoms with E-state index in [2.05, 4.69) is 48.5 Å². The summed E-state index contributed by atoms with van der Waals surface area (Å²) in [5, 5.41) is 17.2. The van der Waals surface area contributed by atoms with E-state index in [1.54, 1.807) is 0 Å². The predicted molar refractivity (Wildman–Crippen MR) is 92.6 cm³/mol. The first-order chi connectivity index (χ1) is 11.6. The first-order valence-electron chi connectivity index (χ1n) is 8.14. The maximum Gasteiger partial charge on any atom is 0.306 e. The van der Waals surface area contributed by atoms with Crippen molar-refractivity contribution in [2.45, 2.75) is 25.7 Å².